The minimum atomic E-state index is -0.531. The lowest BCUT2D eigenvalue weighted by Gasteiger charge is -2.16. The van der Waals surface area contributed by atoms with Crippen LogP contribution in [0.2, 0.25) is 0 Å². The highest BCUT2D eigenvalue weighted by atomic mass is 19.1. The predicted octanol–water partition coefficient (Wildman–Crippen LogP) is 2.78. The van der Waals surface area contributed by atoms with Crippen molar-refractivity contribution in [3.8, 4) is 29.4 Å². The summed E-state index contributed by atoms with van der Waals surface area (Å²) in [5.74, 6) is 9.77. The normalized spacial score (nSPS) is 10.9. The average Bonchev–Trinajstić information content (AvgIpc) is 2.53. The van der Waals surface area contributed by atoms with Crippen LogP contribution in [-0.2, 0) is 7.05 Å². The molecule has 116 valence electrons. The molecule has 23 heavy (non-hydrogen) atoms. The maximum atomic E-state index is 13.6. The number of halogens is 1. The van der Waals surface area contributed by atoms with Crippen LogP contribution in [0.1, 0.15) is 30.4 Å². The highest BCUT2D eigenvalue weighted by Gasteiger charge is 2.21. The zero-order valence-corrected chi connectivity index (χ0v) is 12.9. The number of aromatic nitrogens is 1. The number of nitrogens with zero attached hydrogens (tertiary/aromatic N) is 1. The Hall–Kier alpha value is -2.98. The van der Waals surface area contributed by atoms with Crippen LogP contribution in [0.3, 0.4) is 0 Å². The van der Waals surface area contributed by atoms with E-state index in [0.29, 0.717) is 11.1 Å². The second-order valence-electron chi connectivity index (χ2n) is 5.02. The maximum absolute atomic E-state index is 13.6. The largest absolute Gasteiger partial charge is 0.508 e. The predicted molar refractivity (Wildman–Crippen MR) is 87.4 cm³/mol. The first kappa shape index (κ1) is 16.4. The summed E-state index contributed by atoms with van der Waals surface area (Å²) in [6.45, 7) is 1.68. The standard InChI is InChI=1S/C19H16FNO2/c1-3-4-5-6-8-15(16-9-7-12-21(2)19(16)23)17-13-14(20)10-11-18(17)22/h7,9-13,15,22H,8H2,1-2H3. The molecule has 1 unspecified atom stereocenters. The third kappa shape index (κ3) is 3.81. The molecular formula is C19H16FNO2. The summed E-state index contributed by atoms with van der Waals surface area (Å²) in [5, 5.41) is 10.1. The second-order valence-corrected chi connectivity index (χ2v) is 5.02. The van der Waals surface area contributed by atoms with Gasteiger partial charge in [-0.15, -0.1) is 0 Å². The number of phenolic OH excluding ortho intramolecular Hbond substituents is 1. The molecule has 1 N–H and O–H groups in total. The number of rotatable bonds is 3. The lowest BCUT2D eigenvalue weighted by molar-refractivity contribution is 0.461. The van der Waals surface area contributed by atoms with Crippen molar-refractivity contribution in [1.82, 2.24) is 4.57 Å². The van der Waals surface area contributed by atoms with Gasteiger partial charge in [-0.05, 0) is 43.0 Å². The number of hydrogen-bond acceptors (Lipinski definition) is 2. The van der Waals surface area contributed by atoms with E-state index in [-0.39, 0.29) is 17.7 Å². The number of hydrogen-bond donors (Lipinski definition) is 1. The van der Waals surface area contributed by atoms with E-state index in [1.54, 1.807) is 32.3 Å². The summed E-state index contributed by atoms with van der Waals surface area (Å²) in [6, 6.07) is 7.10. The van der Waals surface area contributed by atoms with Gasteiger partial charge in [0, 0.05) is 36.7 Å². The third-order valence-corrected chi connectivity index (χ3v) is 3.48. The number of phenols is 1. The van der Waals surface area contributed by atoms with Crippen molar-refractivity contribution in [2.45, 2.75) is 19.3 Å². The molecule has 0 radical (unpaired) electrons. The van der Waals surface area contributed by atoms with Gasteiger partial charge in [0.05, 0.1) is 0 Å². The smallest absolute Gasteiger partial charge is 0.254 e. The third-order valence-electron chi connectivity index (χ3n) is 3.48. The molecule has 2 rings (SSSR count). The molecule has 1 atom stereocenters. The van der Waals surface area contributed by atoms with Crippen molar-refractivity contribution in [3.05, 3.63) is 63.8 Å². The van der Waals surface area contributed by atoms with Gasteiger partial charge in [-0.2, -0.15) is 0 Å². The number of aromatic hydroxyl groups is 1. The lowest BCUT2D eigenvalue weighted by atomic mass is 9.88. The van der Waals surface area contributed by atoms with E-state index in [2.05, 4.69) is 23.7 Å². The first-order chi connectivity index (χ1) is 11.0. The molecule has 2 aromatic rings. The number of pyridine rings is 1. The Morgan fingerprint density at radius 1 is 1.26 bits per heavy atom. The van der Waals surface area contributed by atoms with Crippen molar-refractivity contribution >= 4 is 0 Å². The molecule has 4 heteroatoms. The van der Waals surface area contributed by atoms with Gasteiger partial charge in [0.1, 0.15) is 11.6 Å². The van der Waals surface area contributed by atoms with E-state index < -0.39 is 11.7 Å². The average molecular weight is 309 g/mol. The molecule has 0 spiro atoms. The highest BCUT2D eigenvalue weighted by molar-refractivity contribution is 5.42. The fraction of sp³-hybridized carbons (Fsp3) is 0.211. The molecule has 0 aliphatic rings. The van der Waals surface area contributed by atoms with Crippen LogP contribution in [0.15, 0.2) is 41.3 Å². The van der Waals surface area contributed by atoms with Crippen LogP contribution < -0.4 is 5.56 Å². The van der Waals surface area contributed by atoms with Crippen LogP contribution in [0.25, 0.3) is 0 Å². The topological polar surface area (TPSA) is 42.2 Å². The zero-order valence-electron chi connectivity index (χ0n) is 12.9. The van der Waals surface area contributed by atoms with Gasteiger partial charge in [-0.3, -0.25) is 4.79 Å². The molecule has 0 bridgehead atoms. The molecule has 0 aliphatic carbocycles. The summed E-state index contributed by atoms with van der Waals surface area (Å²) >= 11 is 0. The van der Waals surface area contributed by atoms with Crippen LogP contribution in [-0.4, -0.2) is 9.67 Å². The Bertz CT molecular complexity index is 891. The molecule has 0 saturated carbocycles. The Kier molecular flexibility index (Phi) is 5.23. The van der Waals surface area contributed by atoms with Gasteiger partial charge in [0.15, 0.2) is 0 Å². The van der Waals surface area contributed by atoms with Gasteiger partial charge in [0.25, 0.3) is 5.56 Å². The van der Waals surface area contributed by atoms with E-state index in [4.69, 9.17) is 0 Å². The molecule has 0 aliphatic heterocycles. The molecule has 1 aromatic heterocycles. The maximum Gasteiger partial charge on any atom is 0.254 e. The lowest BCUT2D eigenvalue weighted by Crippen LogP contribution is -2.23. The summed E-state index contributed by atoms with van der Waals surface area (Å²) < 4.78 is 15.0. The first-order valence-corrected chi connectivity index (χ1v) is 7.08. The highest BCUT2D eigenvalue weighted by Crippen LogP contribution is 2.32. The Morgan fingerprint density at radius 2 is 2.04 bits per heavy atom. The van der Waals surface area contributed by atoms with Gasteiger partial charge in [-0.1, -0.05) is 17.9 Å². The van der Waals surface area contributed by atoms with Crippen LogP contribution in [0, 0.1) is 29.5 Å². The molecule has 1 heterocycles. The van der Waals surface area contributed by atoms with Crippen LogP contribution in [0.4, 0.5) is 4.39 Å². The van der Waals surface area contributed by atoms with Crippen molar-refractivity contribution < 1.29 is 9.50 Å². The quantitative estimate of drug-likeness (QED) is 0.886. The minimum absolute atomic E-state index is 0.0642. The van der Waals surface area contributed by atoms with Crippen LogP contribution in [0.5, 0.6) is 5.75 Å². The number of benzene rings is 1. The van der Waals surface area contributed by atoms with Crippen molar-refractivity contribution in [2.75, 3.05) is 0 Å². The van der Waals surface area contributed by atoms with E-state index in [9.17, 15) is 14.3 Å². The monoisotopic (exact) mass is 309 g/mol. The number of aryl methyl sites for hydroxylation is 1. The Balaban J connectivity index is 2.58. The summed E-state index contributed by atoms with van der Waals surface area (Å²) in [5.41, 5.74) is 0.589. The Labute approximate surface area is 134 Å². The van der Waals surface area contributed by atoms with Crippen molar-refractivity contribution in [2.24, 2.45) is 7.05 Å². The van der Waals surface area contributed by atoms with E-state index in [1.807, 2.05) is 0 Å². The molecule has 1 aromatic carbocycles. The van der Waals surface area contributed by atoms with Crippen molar-refractivity contribution in [1.29, 1.82) is 0 Å². The molecular weight excluding hydrogens is 293 g/mol. The van der Waals surface area contributed by atoms with E-state index >= 15 is 0 Å². The molecule has 0 saturated heterocycles. The van der Waals surface area contributed by atoms with Gasteiger partial charge < -0.3 is 9.67 Å². The van der Waals surface area contributed by atoms with Gasteiger partial charge in [0.2, 0.25) is 0 Å². The fourth-order valence-corrected chi connectivity index (χ4v) is 2.34. The molecule has 0 fully saturated rings. The minimum Gasteiger partial charge on any atom is -0.508 e. The SMILES string of the molecule is CC#CC#CCC(c1cc(F)ccc1O)c1cccn(C)c1=O. The first-order valence-electron chi connectivity index (χ1n) is 7.08. The van der Waals surface area contributed by atoms with Gasteiger partial charge in [-0.25, -0.2) is 4.39 Å². The summed E-state index contributed by atoms with van der Waals surface area (Å²) in [7, 11) is 1.64. The van der Waals surface area contributed by atoms with Crippen molar-refractivity contribution in [3.63, 3.8) is 0 Å². The summed E-state index contributed by atoms with van der Waals surface area (Å²) in [4.78, 5) is 12.4. The fourth-order valence-electron chi connectivity index (χ4n) is 2.34. The Morgan fingerprint density at radius 3 is 2.78 bits per heavy atom. The van der Waals surface area contributed by atoms with Gasteiger partial charge >= 0.3 is 0 Å². The van der Waals surface area contributed by atoms with E-state index in [0.717, 1.165) is 0 Å². The van der Waals surface area contributed by atoms with Crippen LogP contribution >= 0.6 is 0 Å². The molecule has 0 amide bonds. The zero-order chi connectivity index (χ0) is 16.8. The van der Waals surface area contributed by atoms with E-state index in [1.165, 1.54) is 22.8 Å². The second kappa shape index (κ2) is 7.33. The molecule has 3 nitrogen and oxygen atoms in total. The summed E-state index contributed by atoms with van der Waals surface area (Å²) in [6.07, 6.45) is 1.90.